The van der Waals surface area contributed by atoms with Crippen molar-refractivity contribution >= 4 is 55.1 Å². The summed E-state index contributed by atoms with van der Waals surface area (Å²) in [6, 6.07) is 8.19. The van der Waals surface area contributed by atoms with Gasteiger partial charge in [0.2, 0.25) is 5.91 Å². The van der Waals surface area contributed by atoms with Gasteiger partial charge in [0.15, 0.2) is 0 Å². The number of rotatable bonds is 2. The van der Waals surface area contributed by atoms with E-state index in [1.54, 1.807) is 24.3 Å². The van der Waals surface area contributed by atoms with Crippen molar-refractivity contribution in [2.45, 2.75) is 6.04 Å². The van der Waals surface area contributed by atoms with Crippen LogP contribution in [0.4, 0.5) is 5.69 Å². The van der Waals surface area contributed by atoms with Crippen molar-refractivity contribution < 1.29 is 9.53 Å². The molecule has 0 fully saturated rings. The Balaban J connectivity index is 1.97. The van der Waals surface area contributed by atoms with E-state index < -0.39 is 6.04 Å². The van der Waals surface area contributed by atoms with Gasteiger partial charge in [-0.2, -0.15) is 0 Å². The fourth-order valence-electron chi connectivity index (χ4n) is 2.04. The molecule has 1 heterocycles. The van der Waals surface area contributed by atoms with Gasteiger partial charge in [-0.15, -0.1) is 0 Å². The minimum absolute atomic E-state index is 0.226. The van der Waals surface area contributed by atoms with E-state index in [2.05, 4.69) is 37.2 Å². The quantitative estimate of drug-likeness (QED) is 0.729. The van der Waals surface area contributed by atoms with Gasteiger partial charge >= 0.3 is 0 Å². The molecule has 3 N–H and O–H groups in total. The van der Waals surface area contributed by atoms with Crippen LogP contribution in [-0.2, 0) is 4.79 Å². The SMILES string of the molecule is NC1C(=O)Nc2cc(Oc3ccc(Br)cc3Cl)c(Br)cc21. The predicted molar refractivity (Wildman–Crippen MR) is 88.9 cm³/mol. The number of fused-ring (bicyclic) bond motifs is 1. The van der Waals surface area contributed by atoms with Gasteiger partial charge in [0.1, 0.15) is 17.5 Å². The van der Waals surface area contributed by atoms with Crippen LogP contribution in [0.3, 0.4) is 0 Å². The van der Waals surface area contributed by atoms with Crippen LogP contribution in [0, 0.1) is 0 Å². The molecular formula is C14H9Br2ClN2O2. The molecule has 7 heteroatoms. The van der Waals surface area contributed by atoms with Crippen molar-refractivity contribution in [1.82, 2.24) is 0 Å². The van der Waals surface area contributed by atoms with Gasteiger partial charge in [-0.05, 0) is 40.2 Å². The number of nitrogens with two attached hydrogens (primary N) is 1. The number of hydrogen-bond donors (Lipinski definition) is 2. The highest BCUT2D eigenvalue weighted by Crippen LogP contribution is 2.41. The normalized spacial score (nSPS) is 16.6. The third kappa shape index (κ3) is 2.81. The molecule has 0 saturated heterocycles. The molecule has 1 aliphatic rings. The standard InChI is InChI=1S/C14H9Br2ClN2O2/c15-6-1-2-11(9(17)3-6)21-12-5-10-7(4-8(12)16)13(18)14(20)19-10/h1-5,13H,18H2,(H,19,20). The molecule has 0 radical (unpaired) electrons. The first kappa shape index (κ1) is 14.8. The van der Waals surface area contributed by atoms with Crippen molar-refractivity contribution in [3.05, 3.63) is 49.9 Å². The van der Waals surface area contributed by atoms with Gasteiger partial charge in [-0.3, -0.25) is 4.79 Å². The smallest absolute Gasteiger partial charge is 0.245 e. The Kier molecular flexibility index (Phi) is 3.96. The Hall–Kier alpha value is -1.08. The maximum absolute atomic E-state index is 11.6. The topological polar surface area (TPSA) is 64.4 Å². The number of amides is 1. The molecule has 3 rings (SSSR count). The Labute approximate surface area is 142 Å². The number of anilines is 1. The van der Waals surface area contributed by atoms with E-state index in [9.17, 15) is 4.79 Å². The summed E-state index contributed by atoms with van der Waals surface area (Å²) < 4.78 is 7.37. The summed E-state index contributed by atoms with van der Waals surface area (Å²) in [7, 11) is 0. The highest BCUT2D eigenvalue weighted by molar-refractivity contribution is 9.10. The van der Waals surface area contributed by atoms with Gasteiger partial charge in [0.05, 0.1) is 9.50 Å². The van der Waals surface area contributed by atoms with Crippen LogP contribution in [0.25, 0.3) is 0 Å². The molecular weight excluding hydrogens is 423 g/mol. The van der Waals surface area contributed by atoms with Crippen LogP contribution in [0.2, 0.25) is 5.02 Å². The van der Waals surface area contributed by atoms with E-state index in [0.717, 1.165) is 10.0 Å². The summed E-state index contributed by atoms with van der Waals surface area (Å²) >= 11 is 12.9. The van der Waals surface area contributed by atoms with Crippen LogP contribution in [-0.4, -0.2) is 5.91 Å². The van der Waals surface area contributed by atoms with E-state index >= 15 is 0 Å². The largest absolute Gasteiger partial charge is 0.455 e. The van der Waals surface area contributed by atoms with Crippen LogP contribution in [0.1, 0.15) is 11.6 Å². The second-order valence-corrected chi connectivity index (χ2v) is 6.69. The fourth-order valence-corrected chi connectivity index (χ4v) is 3.19. The second-order valence-electron chi connectivity index (χ2n) is 4.51. The molecule has 4 nitrogen and oxygen atoms in total. The minimum Gasteiger partial charge on any atom is -0.455 e. The minimum atomic E-state index is -0.651. The molecule has 108 valence electrons. The number of ether oxygens (including phenoxy) is 1. The lowest BCUT2D eigenvalue weighted by Crippen LogP contribution is -2.19. The zero-order valence-corrected chi connectivity index (χ0v) is 14.4. The molecule has 1 aliphatic heterocycles. The molecule has 21 heavy (non-hydrogen) atoms. The number of hydrogen-bond acceptors (Lipinski definition) is 3. The Morgan fingerprint density at radius 2 is 1.95 bits per heavy atom. The summed E-state index contributed by atoms with van der Waals surface area (Å²) in [5.41, 5.74) is 7.19. The van der Waals surface area contributed by atoms with E-state index in [4.69, 9.17) is 22.1 Å². The fraction of sp³-hybridized carbons (Fsp3) is 0.0714. The van der Waals surface area contributed by atoms with Crippen LogP contribution in [0.5, 0.6) is 11.5 Å². The van der Waals surface area contributed by atoms with Crippen molar-refractivity contribution in [3.8, 4) is 11.5 Å². The molecule has 1 atom stereocenters. The molecule has 0 saturated carbocycles. The molecule has 1 amide bonds. The van der Waals surface area contributed by atoms with Crippen molar-refractivity contribution in [2.24, 2.45) is 5.73 Å². The number of nitrogens with one attached hydrogen (secondary N) is 1. The second kappa shape index (κ2) is 5.61. The maximum Gasteiger partial charge on any atom is 0.245 e. The van der Waals surface area contributed by atoms with E-state index in [1.807, 2.05) is 6.07 Å². The summed E-state index contributed by atoms with van der Waals surface area (Å²) in [5, 5.41) is 3.20. The van der Waals surface area contributed by atoms with Gasteiger partial charge in [-0.25, -0.2) is 0 Å². The lowest BCUT2D eigenvalue weighted by Gasteiger charge is -2.11. The molecule has 0 bridgehead atoms. The summed E-state index contributed by atoms with van der Waals surface area (Å²) in [6.07, 6.45) is 0. The molecule has 0 spiro atoms. The van der Waals surface area contributed by atoms with Crippen molar-refractivity contribution in [2.75, 3.05) is 5.32 Å². The average Bonchev–Trinajstić information content (AvgIpc) is 2.69. The van der Waals surface area contributed by atoms with Gasteiger partial charge in [-0.1, -0.05) is 27.5 Å². The average molecular weight is 432 g/mol. The molecule has 2 aromatic carbocycles. The number of halogens is 3. The Bertz CT molecular complexity index is 752. The summed E-state index contributed by atoms with van der Waals surface area (Å²) in [6.45, 7) is 0. The summed E-state index contributed by atoms with van der Waals surface area (Å²) in [5.74, 6) is 0.845. The number of benzene rings is 2. The molecule has 1 unspecified atom stereocenters. The highest BCUT2D eigenvalue weighted by Gasteiger charge is 2.28. The Morgan fingerprint density at radius 1 is 1.19 bits per heavy atom. The van der Waals surface area contributed by atoms with Crippen LogP contribution < -0.4 is 15.8 Å². The van der Waals surface area contributed by atoms with Crippen molar-refractivity contribution in [1.29, 1.82) is 0 Å². The van der Waals surface area contributed by atoms with Crippen molar-refractivity contribution in [3.63, 3.8) is 0 Å². The van der Waals surface area contributed by atoms with Crippen LogP contribution >= 0.6 is 43.5 Å². The van der Waals surface area contributed by atoms with E-state index in [1.165, 1.54) is 0 Å². The lowest BCUT2D eigenvalue weighted by atomic mass is 10.1. The molecule has 0 aromatic heterocycles. The molecule has 0 aliphatic carbocycles. The predicted octanol–water partition coefficient (Wildman–Crippen LogP) is 4.61. The molecule has 2 aromatic rings. The first-order valence-electron chi connectivity index (χ1n) is 5.98. The third-order valence-corrected chi connectivity index (χ3v) is 4.50. The monoisotopic (exact) mass is 430 g/mol. The number of carbonyl (C=O) groups is 1. The Morgan fingerprint density at radius 3 is 2.67 bits per heavy atom. The third-order valence-electron chi connectivity index (χ3n) is 3.09. The van der Waals surface area contributed by atoms with Gasteiger partial charge < -0.3 is 15.8 Å². The summed E-state index contributed by atoms with van der Waals surface area (Å²) in [4.78, 5) is 11.6. The van der Waals surface area contributed by atoms with Gasteiger partial charge in [0.25, 0.3) is 0 Å². The zero-order chi connectivity index (χ0) is 15.1. The van der Waals surface area contributed by atoms with Crippen LogP contribution in [0.15, 0.2) is 39.3 Å². The van der Waals surface area contributed by atoms with Gasteiger partial charge in [0, 0.05) is 21.8 Å². The van der Waals surface area contributed by atoms with E-state index in [0.29, 0.717) is 26.7 Å². The lowest BCUT2D eigenvalue weighted by molar-refractivity contribution is -0.116. The van der Waals surface area contributed by atoms with E-state index in [-0.39, 0.29) is 5.91 Å². The highest BCUT2D eigenvalue weighted by atomic mass is 79.9. The zero-order valence-electron chi connectivity index (χ0n) is 10.5. The first-order valence-corrected chi connectivity index (χ1v) is 7.95. The first-order chi connectivity index (χ1) is 9.95. The maximum atomic E-state index is 11.6. The number of carbonyl (C=O) groups excluding carboxylic acids is 1.